The fourth-order valence-electron chi connectivity index (χ4n) is 2.77. The summed E-state index contributed by atoms with van der Waals surface area (Å²) in [6.45, 7) is 0.547. The van der Waals surface area contributed by atoms with Gasteiger partial charge in [-0.2, -0.15) is 0 Å². The van der Waals surface area contributed by atoms with E-state index in [-0.39, 0.29) is 0 Å². The molecule has 1 heterocycles. The van der Waals surface area contributed by atoms with Gasteiger partial charge in [-0.1, -0.05) is 71.7 Å². The molecule has 4 rings (SSSR count). The fourth-order valence-corrected chi connectivity index (χ4v) is 3.25. The Morgan fingerprint density at radius 2 is 1.58 bits per heavy atom. The summed E-state index contributed by atoms with van der Waals surface area (Å²) in [4.78, 5) is 9.44. The molecule has 5 heteroatoms. The second-order valence-electron chi connectivity index (χ2n) is 5.87. The minimum atomic E-state index is 0.547. The van der Waals surface area contributed by atoms with Gasteiger partial charge >= 0.3 is 0 Å². The molecule has 0 aliphatic carbocycles. The lowest BCUT2D eigenvalue weighted by atomic mass is 10.1. The summed E-state index contributed by atoms with van der Waals surface area (Å²) < 4.78 is 0. The van der Waals surface area contributed by atoms with Gasteiger partial charge in [-0.3, -0.25) is 0 Å². The number of para-hydroxylation sites is 1. The molecule has 0 spiro atoms. The van der Waals surface area contributed by atoms with Crippen LogP contribution in [0, 0.1) is 0 Å². The van der Waals surface area contributed by atoms with Crippen LogP contribution in [-0.2, 0) is 6.54 Å². The van der Waals surface area contributed by atoms with E-state index in [0.717, 1.165) is 27.8 Å². The van der Waals surface area contributed by atoms with Crippen LogP contribution in [0.15, 0.2) is 72.8 Å². The van der Waals surface area contributed by atoms with Crippen molar-refractivity contribution in [1.29, 1.82) is 0 Å². The third-order valence-electron chi connectivity index (χ3n) is 4.10. The molecule has 0 bridgehead atoms. The number of hydrogen-bond donors (Lipinski definition) is 1. The van der Waals surface area contributed by atoms with Crippen molar-refractivity contribution >= 4 is 39.9 Å². The van der Waals surface area contributed by atoms with Gasteiger partial charge in [-0.25, -0.2) is 9.97 Å². The van der Waals surface area contributed by atoms with Crippen molar-refractivity contribution in [2.24, 2.45) is 0 Å². The van der Waals surface area contributed by atoms with Crippen LogP contribution in [-0.4, -0.2) is 9.97 Å². The van der Waals surface area contributed by atoms with Gasteiger partial charge in [0.15, 0.2) is 5.82 Å². The first-order valence-electron chi connectivity index (χ1n) is 8.21. The van der Waals surface area contributed by atoms with Crippen LogP contribution < -0.4 is 5.32 Å². The number of nitrogens with one attached hydrogen (secondary N) is 1. The molecular formula is C21H15Cl2N3. The van der Waals surface area contributed by atoms with Crippen LogP contribution in [0.1, 0.15) is 5.56 Å². The van der Waals surface area contributed by atoms with Gasteiger partial charge in [0.2, 0.25) is 0 Å². The van der Waals surface area contributed by atoms with E-state index in [1.54, 1.807) is 6.07 Å². The first-order valence-corrected chi connectivity index (χ1v) is 8.96. The number of hydrogen-bond acceptors (Lipinski definition) is 3. The van der Waals surface area contributed by atoms with Gasteiger partial charge in [0.05, 0.1) is 5.52 Å². The molecule has 0 saturated heterocycles. The van der Waals surface area contributed by atoms with Gasteiger partial charge in [0.1, 0.15) is 5.82 Å². The Hall–Kier alpha value is -2.62. The van der Waals surface area contributed by atoms with Crippen molar-refractivity contribution in [1.82, 2.24) is 9.97 Å². The Balaban J connectivity index is 1.73. The number of benzene rings is 3. The van der Waals surface area contributed by atoms with Gasteiger partial charge in [-0.05, 0) is 29.8 Å². The largest absolute Gasteiger partial charge is 0.365 e. The second kappa shape index (κ2) is 7.32. The predicted molar refractivity (Wildman–Crippen MR) is 109 cm³/mol. The van der Waals surface area contributed by atoms with E-state index >= 15 is 0 Å². The predicted octanol–water partition coefficient (Wildman–Crippen LogP) is 6.22. The van der Waals surface area contributed by atoms with Crippen molar-refractivity contribution < 1.29 is 0 Å². The standard InChI is InChI=1S/C21H15Cl2N3/c22-16-11-10-15(18(23)12-16)13-24-21-17-8-4-5-9-19(17)25-20(26-21)14-6-2-1-3-7-14/h1-12H,13H2,(H,24,25,26). The Labute approximate surface area is 161 Å². The van der Waals surface area contributed by atoms with Crippen LogP contribution >= 0.6 is 23.2 Å². The highest BCUT2D eigenvalue weighted by Gasteiger charge is 2.10. The highest BCUT2D eigenvalue weighted by molar-refractivity contribution is 6.35. The Morgan fingerprint density at radius 1 is 0.808 bits per heavy atom. The van der Waals surface area contributed by atoms with Crippen molar-refractivity contribution in [3.8, 4) is 11.4 Å². The van der Waals surface area contributed by atoms with Crippen LogP contribution in [0.4, 0.5) is 5.82 Å². The SMILES string of the molecule is Clc1ccc(CNc2nc(-c3ccccc3)nc3ccccc23)c(Cl)c1. The lowest BCUT2D eigenvalue weighted by Gasteiger charge is -2.12. The molecule has 0 amide bonds. The van der Waals surface area contributed by atoms with Crippen LogP contribution in [0.3, 0.4) is 0 Å². The maximum atomic E-state index is 6.28. The van der Waals surface area contributed by atoms with E-state index in [0.29, 0.717) is 22.4 Å². The third kappa shape index (κ3) is 3.50. The van der Waals surface area contributed by atoms with Crippen LogP contribution in [0.25, 0.3) is 22.3 Å². The van der Waals surface area contributed by atoms with Gasteiger partial charge in [-0.15, -0.1) is 0 Å². The van der Waals surface area contributed by atoms with Crippen LogP contribution in [0.5, 0.6) is 0 Å². The first-order chi connectivity index (χ1) is 12.7. The molecule has 0 aliphatic rings. The zero-order valence-corrected chi connectivity index (χ0v) is 15.3. The average Bonchev–Trinajstić information content (AvgIpc) is 2.67. The van der Waals surface area contributed by atoms with Crippen molar-refractivity contribution in [3.05, 3.63) is 88.4 Å². The highest BCUT2D eigenvalue weighted by atomic mass is 35.5. The lowest BCUT2D eigenvalue weighted by molar-refractivity contribution is 1.11. The van der Waals surface area contributed by atoms with Crippen LogP contribution in [0.2, 0.25) is 10.0 Å². The maximum Gasteiger partial charge on any atom is 0.162 e. The molecule has 0 saturated carbocycles. The van der Waals surface area contributed by atoms with Gasteiger partial charge in [0, 0.05) is 27.5 Å². The molecule has 0 radical (unpaired) electrons. The normalized spacial score (nSPS) is 10.8. The van der Waals surface area contributed by atoms with E-state index in [2.05, 4.69) is 5.32 Å². The monoisotopic (exact) mass is 379 g/mol. The summed E-state index contributed by atoms with van der Waals surface area (Å²) >= 11 is 12.3. The molecule has 0 atom stereocenters. The minimum Gasteiger partial charge on any atom is -0.365 e. The minimum absolute atomic E-state index is 0.547. The molecule has 3 nitrogen and oxygen atoms in total. The zero-order valence-electron chi connectivity index (χ0n) is 13.8. The molecule has 3 aromatic carbocycles. The first kappa shape index (κ1) is 16.8. The summed E-state index contributed by atoms with van der Waals surface area (Å²) in [5, 5.41) is 5.62. The quantitative estimate of drug-likeness (QED) is 0.457. The maximum absolute atomic E-state index is 6.28. The molecule has 26 heavy (non-hydrogen) atoms. The molecule has 0 unspecified atom stereocenters. The fraction of sp³-hybridized carbons (Fsp3) is 0.0476. The number of halogens is 2. The molecule has 0 aliphatic heterocycles. The average molecular weight is 380 g/mol. The van der Waals surface area contributed by atoms with Crippen molar-refractivity contribution in [2.75, 3.05) is 5.32 Å². The number of anilines is 1. The molecular weight excluding hydrogens is 365 g/mol. The molecule has 1 aromatic heterocycles. The van der Waals surface area contributed by atoms with E-state index in [9.17, 15) is 0 Å². The summed E-state index contributed by atoms with van der Waals surface area (Å²) in [6, 6.07) is 23.4. The number of rotatable bonds is 4. The van der Waals surface area contributed by atoms with Gasteiger partial charge in [0.25, 0.3) is 0 Å². The number of aromatic nitrogens is 2. The molecule has 0 fully saturated rings. The van der Waals surface area contributed by atoms with E-state index in [1.165, 1.54) is 0 Å². The van der Waals surface area contributed by atoms with Crippen molar-refractivity contribution in [2.45, 2.75) is 6.54 Å². The summed E-state index contributed by atoms with van der Waals surface area (Å²) in [5.41, 5.74) is 2.83. The van der Waals surface area contributed by atoms with E-state index in [1.807, 2.05) is 66.7 Å². The Bertz CT molecular complexity index is 1070. The Kier molecular flexibility index (Phi) is 4.74. The smallest absolute Gasteiger partial charge is 0.162 e. The number of fused-ring (bicyclic) bond motifs is 1. The van der Waals surface area contributed by atoms with E-state index < -0.39 is 0 Å². The molecule has 128 valence electrons. The topological polar surface area (TPSA) is 37.8 Å². The molecule has 4 aromatic rings. The highest BCUT2D eigenvalue weighted by Crippen LogP contribution is 2.26. The van der Waals surface area contributed by atoms with Crippen molar-refractivity contribution in [3.63, 3.8) is 0 Å². The summed E-state index contributed by atoms with van der Waals surface area (Å²) in [7, 11) is 0. The summed E-state index contributed by atoms with van der Waals surface area (Å²) in [5.74, 6) is 1.47. The molecule has 1 N–H and O–H groups in total. The third-order valence-corrected chi connectivity index (χ3v) is 4.68. The number of nitrogens with zero attached hydrogens (tertiary/aromatic N) is 2. The zero-order chi connectivity index (χ0) is 17.9. The second-order valence-corrected chi connectivity index (χ2v) is 6.71. The summed E-state index contributed by atoms with van der Waals surface area (Å²) in [6.07, 6.45) is 0. The Morgan fingerprint density at radius 3 is 2.38 bits per heavy atom. The lowest BCUT2D eigenvalue weighted by Crippen LogP contribution is -2.04. The van der Waals surface area contributed by atoms with E-state index in [4.69, 9.17) is 33.2 Å². The van der Waals surface area contributed by atoms with Gasteiger partial charge < -0.3 is 5.32 Å².